The third-order valence-corrected chi connectivity index (χ3v) is 3.11. The van der Waals surface area contributed by atoms with Gasteiger partial charge in [0.05, 0.1) is 13.2 Å². The first-order chi connectivity index (χ1) is 6.99. The molecule has 1 saturated heterocycles. The Morgan fingerprint density at radius 3 is 1.93 bits per heavy atom. The van der Waals surface area contributed by atoms with Gasteiger partial charge in [0, 0.05) is 30.5 Å². The first-order valence-corrected chi connectivity index (χ1v) is 5.33. The Labute approximate surface area is 91.3 Å². The molecule has 90 valence electrons. The van der Waals surface area contributed by atoms with E-state index in [0.29, 0.717) is 32.8 Å². The van der Waals surface area contributed by atoms with Crippen LogP contribution in [0.15, 0.2) is 0 Å². The molecule has 5 nitrogen and oxygen atoms in total. The topological polar surface area (TPSA) is 96.5 Å². The number of ether oxygens (including phenoxy) is 2. The van der Waals surface area contributed by atoms with E-state index in [1.165, 1.54) is 0 Å². The third-order valence-electron chi connectivity index (χ3n) is 3.11. The van der Waals surface area contributed by atoms with Crippen molar-refractivity contribution in [3.63, 3.8) is 0 Å². The molecule has 1 fully saturated rings. The highest BCUT2D eigenvalue weighted by Crippen LogP contribution is 2.31. The molecular formula is C10H23N3O2. The maximum absolute atomic E-state index is 5.67. The predicted molar refractivity (Wildman–Crippen MR) is 59.1 cm³/mol. The van der Waals surface area contributed by atoms with E-state index in [9.17, 15) is 0 Å². The lowest BCUT2D eigenvalue weighted by Gasteiger charge is -2.43. The van der Waals surface area contributed by atoms with Gasteiger partial charge in [0.2, 0.25) is 0 Å². The number of hydrogen-bond donors (Lipinski definition) is 3. The average Bonchev–Trinajstić information content (AvgIpc) is 2.29. The summed E-state index contributed by atoms with van der Waals surface area (Å²) in [6.07, 6.45) is -0.256. The molecule has 0 aromatic heterocycles. The van der Waals surface area contributed by atoms with Gasteiger partial charge in [-0.25, -0.2) is 0 Å². The van der Waals surface area contributed by atoms with Crippen LogP contribution in [-0.4, -0.2) is 39.1 Å². The second kappa shape index (κ2) is 4.76. The van der Waals surface area contributed by atoms with Crippen LogP contribution in [0.25, 0.3) is 0 Å². The summed E-state index contributed by atoms with van der Waals surface area (Å²) in [5.41, 5.74) is 16.6. The lowest BCUT2D eigenvalue weighted by Crippen LogP contribution is -2.54. The largest absolute Gasteiger partial charge is 0.351 e. The van der Waals surface area contributed by atoms with Gasteiger partial charge in [0.1, 0.15) is 0 Å². The number of hydrogen-bond acceptors (Lipinski definition) is 5. The van der Waals surface area contributed by atoms with Crippen molar-refractivity contribution in [1.82, 2.24) is 0 Å². The highest BCUT2D eigenvalue weighted by Gasteiger charge is 2.40. The molecule has 0 radical (unpaired) electrons. The molecule has 0 amide bonds. The van der Waals surface area contributed by atoms with E-state index in [4.69, 9.17) is 26.7 Å². The summed E-state index contributed by atoms with van der Waals surface area (Å²) in [5, 5.41) is 0. The van der Waals surface area contributed by atoms with Gasteiger partial charge in [0.15, 0.2) is 6.29 Å². The van der Waals surface area contributed by atoms with Crippen molar-refractivity contribution in [2.24, 2.45) is 28.0 Å². The number of rotatable bonds is 4. The molecule has 0 aliphatic carbocycles. The molecular weight excluding hydrogens is 194 g/mol. The molecule has 0 bridgehead atoms. The predicted octanol–water partition coefficient (Wildman–Crippen LogP) is -0.752. The zero-order valence-corrected chi connectivity index (χ0v) is 9.66. The minimum Gasteiger partial charge on any atom is -0.351 e. The van der Waals surface area contributed by atoms with E-state index < -0.39 is 0 Å². The zero-order valence-electron chi connectivity index (χ0n) is 9.66. The Bertz CT molecular complexity index is 195. The SMILES string of the molecule is CC(C)(CN)C1OCC(CN)(CN)CO1. The summed E-state index contributed by atoms with van der Waals surface area (Å²) in [4.78, 5) is 0. The molecule has 0 aromatic rings. The van der Waals surface area contributed by atoms with Gasteiger partial charge in [-0.15, -0.1) is 0 Å². The molecule has 1 heterocycles. The maximum Gasteiger partial charge on any atom is 0.163 e. The summed E-state index contributed by atoms with van der Waals surface area (Å²) in [5.74, 6) is 0. The van der Waals surface area contributed by atoms with Crippen LogP contribution in [0.2, 0.25) is 0 Å². The van der Waals surface area contributed by atoms with Gasteiger partial charge >= 0.3 is 0 Å². The van der Waals surface area contributed by atoms with Crippen LogP contribution in [-0.2, 0) is 9.47 Å². The van der Waals surface area contributed by atoms with Gasteiger partial charge in [0.25, 0.3) is 0 Å². The van der Waals surface area contributed by atoms with Crippen molar-refractivity contribution in [2.75, 3.05) is 32.8 Å². The summed E-state index contributed by atoms with van der Waals surface area (Å²) < 4.78 is 11.3. The van der Waals surface area contributed by atoms with Crippen LogP contribution in [0.1, 0.15) is 13.8 Å². The van der Waals surface area contributed by atoms with Gasteiger partial charge < -0.3 is 26.7 Å². The summed E-state index contributed by atoms with van der Waals surface area (Å²) in [7, 11) is 0. The quantitative estimate of drug-likeness (QED) is 0.575. The standard InChI is InChI=1S/C10H23N3O2/c1-9(2,3-11)8-14-6-10(4-12,5-13)7-15-8/h8H,3-7,11-13H2,1-2H3. The number of nitrogens with two attached hydrogens (primary N) is 3. The van der Waals surface area contributed by atoms with Crippen molar-refractivity contribution in [2.45, 2.75) is 20.1 Å². The van der Waals surface area contributed by atoms with E-state index in [1.807, 2.05) is 13.8 Å². The van der Waals surface area contributed by atoms with Gasteiger partial charge in [-0.2, -0.15) is 0 Å². The molecule has 0 unspecified atom stereocenters. The maximum atomic E-state index is 5.67. The van der Waals surface area contributed by atoms with Crippen LogP contribution in [0.3, 0.4) is 0 Å². The first-order valence-electron chi connectivity index (χ1n) is 5.33. The molecule has 0 aromatic carbocycles. The molecule has 1 rings (SSSR count). The monoisotopic (exact) mass is 217 g/mol. The molecule has 0 saturated carbocycles. The van der Waals surface area contributed by atoms with Gasteiger partial charge in [-0.3, -0.25) is 0 Å². The highest BCUT2D eigenvalue weighted by atomic mass is 16.7. The lowest BCUT2D eigenvalue weighted by atomic mass is 9.87. The average molecular weight is 217 g/mol. The van der Waals surface area contributed by atoms with Crippen LogP contribution in [0.5, 0.6) is 0 Å². The highest BCUT2D eigenvalue weighted by molar-refractivity contribution is 4.86. The fourth-order valence-corrected chi connectivity index (χ4v) is 1.46. The minimum absolute atomic E-state index is 0.171. The molecule has 0 atom stereocenters. The van der Waals surface area contributed by atoms with Gasteiger partial charge in [-0.05, 0) is 0 Å². The molecule has 1 aliphatic heterocycles. The minimum atomic E-state index is -0.256. The summed E-state index contributed by atoms with van der Waals surface area (Å²) in [6, 6.07) is 0. The summed E-state index contributed by atoms with van der Waals surface area (Å²) in [6.45, 7) is 6.64. The van der Waals surface area contributed by atoms with Gasteiger partial charge in [-0.1, -0.05) is 13.8 Å². The smallest absolute Gasteiger partial charge is 0.163 e. The Kier molecular flexibility index (Phi) is 4.08. The molecule has 1 aliphatic rings. The van der Waals surface area contributed by atoms with Crippen LogP contribution < -0.4 is 17.2 Å². The molecule has 5 heteroatoms. The third kappa shape index (κ3) is 2.68. The van der Waals surface area contributed by atoms with E-state index in [2.05, 4.69) is 0 Å². The van der Waals surface area contributed by atoms with Crippen molar-refractivity contribution in [1.29, 1.82) is 0 Å². The van der Waals surface area contributed by atoms with Crippen molar-refractivity contribution in [3.8, 4) is 0 Å². The van der Waals surface area contributed by atoms with Crippen molar-refractivity contribution < 1.29 is 9.47 Å². The zero-order chi connectivity index (χ0) is 11.5. The van der Waals surface area contributed by atoms with Crippen LogP contribution in [0, 0.1) is 10.8 Å². The summed E-state index contributed by atoms with van der Waals surface area (Å²) >= 11 is 0. The Morgan fingerprint density at radius 1 is 1.13 bits per heavy atom. The van der Waals surface area contributed by atoms with E-state index in [-0.39, 0.29) is 17.1 Å². The lowest BCUT2D eigenvalue weighted by molar-refractivity contribution is -0.263. The molecule has 15 heavy (non-hydrogen) atoms. The Morgan fingerprint density at radius 2 is 1.60 bits per heavy atom. The Balaban J connectivity index is 2.55. The Hall–Kier alpha value is -0.200. The fraction of sp³-hybridized carbons (Fsp3) is 1.00. The van der Waals surface area contributed by atoms with E-state index in [1.54, 1.807) is 0 Å². The van der Waals surface area contributed by atoms with Crippen LogP contribution >= 0.6 is 0 Å². The second-order valence-electron chi connectivity index (χ2n) is 5.05. The first kappa shape index (κ1) is 12.9. The van der Waals surface area contributed by atoms with E-state index in [0.717, 1.165) is 0 Å². The second-order valence-corrected chi connectivity index (χ2v) is 5.05. The fourth-order valence-electron chi connectivity index (χ4n) is 1.46. The molecule has 0 spiro atoms. The normalized spacial score (nSPS) is 23.0. The molecule has 6 N–H and O–H groups in total. The van der Waals surface area contributed by atoms with Crippen molar-refractivity contribution in [3.05, 3.63) is 0 Å². The van der Waals surface area contributed by atoms with E-state index >= 15 is 0 Å². The van der Waals surface area contributed by atoms with Crippen LogP contribution in [0.4, 0.5) is 0 Å². The van der Waals surface area contributed by atoms with Crippen molar-refractivity contribution >= 4 is 0 Å².